The third-order valence-corrected chi connectivity index (χ3v) is 4.04. The smallest absolute Gasteiger partial charge is 0.255 e. The van der Waals surface area contributed by atoms with E-state index in [2.05, 4.69) is 10.6 Å². The average molecular weight is 340 g/mol. The molecule has 2 amide bonds. The monoisotopic (exact) mass is 340 g/mol. The number of phenolic OH excluding ortho intramolecular Hbond substituents is 1. The van der Waals surface area contributed by atoms with Crippen molar-refractivity contribution in [2.45, 2.75) is 19.4 Å². The van der Waals surface area contributed by atoms with Crippen LogP contribution in [0.1, 0.15) is 28.8 Å². The Morgan fingerprint density at radius 3 is 2.72 bits per heavy atom. The third kappa shape index (κ3) is 4.29. The fourth-order valence-corrected chi connectivity index (χ4v) is 2.45. The van der Waals surface area contributed by atoms with Crippen molar-refractivity contribution in [3.8, 4) is 11.5 Å². The van der Waals surface area contributed by atoms with Gasteiger partial charge in [-0.25, -0.2) is 0 Å². The average Bonchev–Trinajstić information content (AvgIpc) is 3.45. The summed E-state index contributed by atoms with van der Waals surface area (Å²) in [7, 11) is 1.50. The number of hydrogen-bond acceptors (Lipinski definition) is 4. The van der Waals surface area contributed by atoms with Crippen LogP contribution >= 0.6 is 0 Å². The molecule has 0 unspecified atom stereocenters. The first-order valence-electron chi connectivity index (χ1n) is 8.12. The molecule has 1 fully saturated rings. The number of amides is 2. The maximum atomic E-state index is 12.3. The Bertz CT molecular complexity index is 800. The SMILES string of the molecule is COc1ccc(O)c(C(=O)NCc2cccc(NC(=O)C3CC3)c2)c1. The fraction of sp³-hybridized carbons (Fsp3) is 0.263. The topological polar surface area (TPSA) is 87.7 Å². The van der Waals surface area contributed by atoms with Crippen LogP contribution in [0.25, 0.3) is 0 Å². The largest absolute Gasteiger partial charge is 0.507 e. The highest BCUT2D eigenvalue weighted by Crippen LogP contribution is 2.30. The maximum absolute atomic E-state index is 12.3. The van der Waals surface area contributed by atoms with Gasteiger partial charge in [0.05, 0.1) is 12.7 Å². The van der Waals surface area contributed by atoms with Gasteiger partial charge in [0, 0.05) is 18.2 Å². The molecule has 6 nitrogen and oxygen atoms in total. The molecule has 0 aromatic heterocycles. The number of benzene rings is 2. The predicted molar refractivity (Wildman–Crippen MR) is 93.6 cm³/mol. The summed E-state index contributed by atoms with van der Waals surface area (Å²) in [5, 5.41) is 15.5. The Morgan fingerprint density at radius 1 is 1.20 bits per heavy atom. The number of ether oxygens (including phenoxy) is 1. The predicted octanol–water partition coefficient (Wildman–Crippen LogP) is 2.68. The Kier molecular flexibility index (Phi) is 4.88. The molecule has 6 heteroatoms. The minimum absolute atomic E-state index is 0.0440. The van der Waals surface area contributed by atoms with Gasteiger partial charge in [-0.3, -0.25) is 9.59 Å². The van der Waals surface area contributed by atoms with Crippen LogP contribution in [0.3, 0.4) is 0 Å². The van der Waals surface area contributed by atoms with Crippen molar-refractivity contribution < 1.29 is 19.4 Å². The van der Waals surface area contributed by atoms with Crippen LogP contribution < -0.4 is 15.4 Å². The van der Waals surface area contributed by atoms with E-state index < -0.39 is 5.91 Å². The van der Waals surface area contributed by atoms with Crippen LogP contribution in [0.2, 0.25) is 0 Å². The van der Waals surface area contributed by atoms with Gasteiger partial charge in [-0.05, 0) is 48.7 Å². The number of methoxy groups -OCH3 is 1. The molecule has 2 aromatic carbocycles. The lowest BCUT2D eigenvalue weighted by Gasteiger charge is -2.10. The summed E-state index contributed by atoms with van der Waals surface area (Å²) in [6.07, 6.45) is 1.90. The Labute approximate surface area is 145 Å². The molecule has 0 aliphatic heterocycles. The minimum Gasteiger partial charge on any atom is -0.507 e. The number of carbonyl (C=O) groups is 2. The van der Waals surface area contributed by atoms with Crippen LogP contribution in [0, 0.1) is 5.92 Å². The summed E-state index contributed by atoms with van der Waals surface area (Å²) >= 11 is 0. The van der Waals surface area contributed by atoms with Crippen molar-refractivity contribution in [3.05, 3.63) is 53.6 Å². The highest BCUT2D eigenvalue weighted by Gasteiger charge is 2.29. The molecular weight excluding hydrogens is 320 g/mol. The van der Waals surface area contributed by atoms with Gasteiger partial charge in [0.2, 0.25) is 5.91 Å². The number of aromatic hydroxyl groups is 1. The van der Waals surface area contributed by atoms with E-state index in [0.717, 1.165) is 18.4 Å². The Morgan fingerprint density at radius 2 is 2.00 bits per heavy atom. The van der Waals surface area contributed by atoms with E-state index in [1.165, 1.54) is 19.2 Å². The van der Waals surface area contributed by atoms with Gasteiger partial charge in [-0.15, -0.1) is 0 Å². The zero-order valence-corrected chi connectivity index (χ0v) is 13.9. The van der Waals surface area contributed by atoms with Crippen molar-refractivity contribution in [2.24, 2.45) is 5.92 Å². The number of phenols is 1. The number of hydrogen-bond donors (Lipinski definition) is 3. The molecule has 0 heterocycles. The molecule has 2 aromatic rings. The number of nitrogens with one attached hydrogen (secondary N) is 2. The molecule has 130 valence electrons. The summed E-state index contributed by atoms with van der Waals surface area (Å²) in [6.45, 7) is 0.280. The first-order valence-corrected chi connectivity index (χ1v) is 8.12. The molecule has 0 spiro atoms. The molecule has 0 radical (unpaired) electrons. The Balaban J connectivity index is 1.63. The summed E-state index contributed by atoms with van der Waals surface area (Å²) in [5.74, 6) is 0.169. The summed E-state index contributed by atoms with van der Waals surface area (Å²) in [4.78, 5) is 24.1. The second kappa shape index (κ2) is 7.25. The van der Waals surface area contributed by atoms with E-state index >= 15 is 0 Å². The zero-order valence-electron chi connectivity index (χ0n) is 13.9. The minimum atomic E-state index is -0.399. The Hall–Kier alpha value is -3.02. The molecular formula is C19H20N2O4. The maximum Gasteiger partial charge on any atom is 0.255 e. The molecule has 1 aliphatic carbocycles. The van der Waals surface area contributed by atoms with Crippen molar-refractivity contribution >= 4 is 17.5 Å². The first kappa shape index (κ1) is 16.8. The molecule has 0 bridgehead atoms. The van der Waals surface area contributed by atoms with E-state index in [4.69, 9.17) is 4.74 Å². The van der Waals surface area contributed by atoms with Crippen molar-refractivity contribution in [1.29, 1.82) is 0 Å². The normalized spacial score (nSPS) is 13.2. The van der Waals surface area contributed by atoms with Gasteiger partial charge in [-0.2, -0.15) is 0 Å². The van der Waals surface area contributed by atoms with Crippen molar-refractivity contribution in [1.82, 2.24) is 5.32 Å². The highest BCUT2D eigenvalue weighted by atomic mass is 16.5. The van der Waals surface area contributed by atoms with Crippen LogP contribution in [0.5, 0.6) is 11.5 Å². The van der Waals surface area contributed by atoms with Gasteiger partial charge < -0.3 is 20.5 Å². The van der Waals surface area contributed by atoms with Crippen LogP contribution in [-0.2, 0) is 11.3 Å². The van der Waals surface area contributed by atoms with Crippen molar-refractivity contribution in [3.63, 3.8) is 0 Å². The van der Waals surface area contributed by atoms with Gasteiger partial charge in [0.25, 0.3) is 5.91 Å². The molecule has 25 heavy (non-hydrogen) atoms. The standard InChI is InChI=1S/C19H20N2O4/c1-25-15-7-8-17(22)16(10-15)19(24)20-11-12-3-2-4-14(9-12)21-18(23)13-5-6-13/h2-4,7-10,13,22H,5-6,11H2,1H3,(H,20,24)(H,21,23). The lowest BCUT2D eigenvalue weighted by Crippen LogP contribution is -2.23. The zero-order chi connectivity index (χ0) is 17.8. The van der Waals surface area contributed by atoms with E-state index in [1.54, 1.807) is 6.07 Å². The highest BCUT2D eigenvalue weighted by molar-refractivity contribution is 5.97. The molecule has 1 saturated carbocycles. The van der Waals surface area contributed by atoms with Crippen LogP contribution in [0.15, 0.2) is 42.5 Å². The van der Waals surface area contributed by atoms with E-state index in [-0.39, 0.29) is 29.7 Å². The fourth-order valence-electron chi connectivity index (χ4n) is 2.45. The van der Waals surface area contributed by atoms with Gasteiger partial charge in [0.1, 0.15) is 11.5 Å². The molecule has 1 aliphatic rings. The second-order valence-corrected chi connectivity index (χ2v) is 6.03. The van der Waals surface area contributed by atoms with Gasteiger partial charge in [0.15, 0.2) is 0 Å². The van der Waals surface area contributed by atoms with Gasteiger partial charge >= 0.3 is 0 Å². The second-order valence-electron chi connectivity index (χ2n) is 6.03. The lowest BCUT2D eigenvalue weighted by atomic mass is 10.1. The lowest BCUT2D eigenvalue weighted by molar-refractivity contribution is -0.117. The van der Waals surface area contributed by atoms with Crippen LogP contribution in [0.4, 0.5) is 5.69 Å². The molecule has 0 saturated heterocycles. The van der Waals surface area contributed by atoms with E-state index in [0.29, 0.717) is 11.4 Å². The quantitative estimate of drug-likeness (QED) is 0.754. The molecule has 3 N–H and O–H groups in total. The number of rotatable bonds is 6. The molecule has 0 atom stereocenters. The number of anilines is 1. The van der Waals surface area contributed by atoms with Crippen LogP contribution in [-0.4, -0.2) is 24.0 Å². The number of carbonyl (C=O) groups excluding carboxylic acids is 2. The molecule has 3 rings (SSSR count). The summed E-state index contributed by atoms with van der Waals surface area (Å²) < 4.78 is 5.07. The summed E-state index contributed by atoms with van der Waals surface area (Å²) in [6, 6.07) is 11.8. The third-order valence-electron chi connectivity index (χ3n) is 4.04. The van der Waals surface area contributed by atoms with Crippen molar-refractivity contribution in [2.75, 3.05) is 12.4 Å². The van der Waals surface area contributed by atoms with E-state index in [1.807, 2.05) is 24.3 Å². The first-order chi connectivity index (χ1) is 12.1. The van der Waals surface area contributed by atoms with Gasteiger partial charge in [-0.1, -0.05) is 12.1 Å². The summed E-state index contributed by atoms with van der Waals surface area (Å²) in [5.41, 5.74) is 1.72. The van der Waals surface area contributed by atoms with E-state index in [9.17, 15) is 14.7 Å².